The zero-order valence-electron chi connectivity index (χ0n) is 16.4. The summed E-state index contributed by atoms with van der Waals surface area (Å²) in [7, 11) is 1.55. The quantitative estimate of drug-likeness (QED) is 0.459. The molecule has 1 N–H and O–H groups in total. The van der Waals surface area contributed by atoms with Crippen molar-refractivity contribution in [2.45, 2.75) is 27.2 Å². The lowest BCUT2D eigenvalue weighted by molar-refractivity contribution is -0.112. The number of nitrogens with one attached hydrogen (secondary N) is 1. The molecule has 1 amide bonds. The Morgan fingerprint density at radius 3 is 2.68 bits per heavy atom. The zero-order valence-corrected chi connectivity index (χ0v) is 18.0. The molecule has 0 heterocycles. The van der Waals surface area contributed by atoms with Crippen LogP contribution >= 0.6 is 15.9 Å². The number of methoxy groups -OCH3 is 1. The highest BCUT2D eigenvalue weighted by molar-refractivity contribution is 9.10. The lowest BCUT2D eigenvalue weighted by Gasteiger charge is -2.13. The van der Waals surface area contributed by atoms with Gasteiger partial charge >= 0.3 is 0 Å². The van der Waals surface area contributed by atoms with Gasteiger partial charge in [-0.1, -0.05) is 35.0 Å². The van der Waals surface area contributed by atoms with Gasteiger partial charge in [0.05, 0.1) is 13.7 Å². The van der Waals surface area contributed by atoms with E-state index in [-0.39, 0.29) is 5.57 Å². The summed E-state index contributed by atoms with van der Waals surface area (Å²) in [6.45, 7) is 6.49. The van der Waals surface area contributed by atoms with Crippen molar-refractivity contribution < 1.29 is 14.3 Å². The Morgan fingerprint density at radius 2 is 2.04 bits per heavy atom. The van der Waals surface area contributed by atoms with E-state index in [1.54, 1.807) is 19.2 Å². The highest BCUT2D eigenvalue weighted by Crippen LogP contribution is 2.35. The molecular weight excluding hydrogens is 420 g/mol. The van der Waals surface area contributed by atoms with Gasteiger partial charge in [-0.3, -0.25) is 4.79 Å². The third kappa shape index (κ3) is 5.14. The molecule has 0 aliphatic carbocycles. The molecule has 0 unspecified atom stereocenters. The van der Waals surface area contributed by atoms with Gasteiger partial charge in [0.1, 0.15) is 11.6 Å². The molecule has 0 spiro atoms. The normalized spacial score (nSPS) is 10.9. The average Bonchev–Trinajstić information content (AvgIpc) is 2.68. The molecule has 2 aromatic carbocycles. The Morgan fingerprint density at radius 1 is 1.29 bits per heavy atom. The molecule has 0 aliphatic rings. The molecule has 0 aliphatic heterocycles. The third-order valence-electron chi connectivity index (χ3n) is 4.26. The lowest BCUT2D eigenvalue weighted by Crippen LogP contribution is -2.14. The molecule has 28 heavy (non-hydrogen) atoms. The van der Waals surface area contributed by atoms with Gasteiger partial charge in [-0.15, -0.1) is 0 Å². The second-order valence-corrected chi connectivity index (χ2v) is 7.10. The molecule has 146 valence electrons. The van der Waals surface area contributed by atoms with E-state index in [0.717, 1.165) is 17.5 Å². The first-order valence-electron chi connectivity index (χ1n) is 8.91. The van der Waals surface area contributed by atoms with Crippen molar-refractivity contribution in [3.8, 4) is 17.6 Å². The van der Waals surface area contributed by atoms with E-state index >= 15 is 0 Å². The summed E-state index contributed by atoms with van der Waals surface area (Å²) < 4.78 is 11.8. The van der Waals surface area contributed by atoms with Gasteiger partial charge in [0.2, 0.25) is 0 Å². The van der Waals surface area contributed by atoms with Gasteiger partial charge in [0.25, 0.3) is 5.91 Å². The second kappa shape index (κ2) is 9.95. The van der Waals surface area contributed by atoms with Crippen LogP contribution in [-0.2, 0) is 4.79 Å². The summed E-state index contributed by atoms with van der Waals surface area (Å²) in [4.78, 5) is 12.6. The fourth-order valence-electron chi connectivity index (χ4n) is 2.53. The number of ether oxygens (including phenoxy) is 2. The van der Waals surface area contributed by atoms with E-state index in [1.165, 1.54) is 6.08 Å². The van der Waals surface area contributed by atoms with Crippen molar-refractivity contribution in [2.75, 3.05) is 19.0 Å². The van der Waals surface area contributed by atoms with E-state index < -0.39 is 5.91 Å². The van der Waals surface area contributed by atoms with Crippen molar-refractivity contribution in [1.82, 2.24) is 0 Å². The van der Waals surface area contributed by atoms with Crippen molar-refractivity contribution in [3.63, 3.8) is 0 Å². The van der Waals surface area contributed by atoms with E-state index in [1.807, 2.05) is 45.0 Å². The SMILES string of the molecule is CCCOc1cc(Br)c(C=C(C#N)C(=O)Nc2cccc(C)c2C)cc1OC. The summed E-state index contributed by atoms with van der Waals surface area (Å²) in [6, 6.07) is 11.1. The Balaban J connectivity index is 2.34. The van der Waals surface area contributed by atoms with Crippen LogP contribution in [0.2, 0.25) is 0 Å². The van der Waals surface area contributed by atoms with Crippen LogP contribution in [0.1, 0.15) is 30.0 Å². The largest absolute Gasteiger partial charge is 0.493 e. The summed E-state index contributed by atoms with van der Waals surface area (Å²) in [5, 5.41) is 12.3. The molecule has 0 atom stereocenters. The summed E-state index contributed by atoms with van der Waals surface area (Å²) in [5.74, 6) is 0.676. The number of carbonyl (C=O) groups excluding carboxylic acids is 1. The fraction of sp³-hybridized carbons (Fsp3) is 0.273. The number of hydrogen-bond donors (Lipinski definition) is 1. The van der Waals surface area contributed by atoms with Crippen molar-refractivity contribution >= 4 is 33.6 Å². The Labute approximate surface area is 174 Å². The fourth-order valence-corrected chi connectivity index (χ4v) is 2.96. The monoisotopic (exact) mass is 442 g/mol. The summed E-state index contributed by atoms with van der Waals surface area (Å²) in [6.07, 6.45) is 2.40. The molecule has 0 radical (unpaired) electrons. The standard InChI is InChI=1S/C22H23BrN2O3/c1-5-9-28-21-12-18(23)16(11-20(21)27-4)10-17(13-24)22(26)25-19-8-6-7-14(2)15(19)3/h6-8,10-12H,5,9H2,1-4H3,(H,25,26). The number of anilines is 1. The molecule has 0 saturated carbocycles. The van der Waals surface area contributed by atoms with Crippen LogP contribution in [0.5, 0.6) is 11.5 Å². The van der Waals surface area contributed by atoms with Crippen LogP contribution in [0.15, 0.2) is 40.4 Å². The highest BCUT2D eigenvalue weighted by atomic mass is 79.9. The van der Waals surface area contributed by atoms with Crippen LogP contribution in [0.25, 0.3) is 6.08 Å². The molecule has 2 aromatic rings. The minimum Gasteiger partial charge on any atom is -0.493 e. The van der Waals surface area contributed by atoms with Crippen molar-refractivity contribution in [2.24, 2.45) is 0 Å². The number of benzene rings is 2. The van der Waals surface area contributed by atoms with Gasteiger partial charge < -0.3 is 14.8 Å². The maximum atomic E-state index is 12.6. The predicted molar refractivity (Wildman–Crippen MR) is 115 cm³/mol. The number of nitrogens with zero attached hydrogens (tertiary/aromatic N) is 1. The predicted octanol–water partition coefficient (Wildman–Crippen LogP) is 5.41. The second-order valence-electron chi connectivity index (χ2n) is 6.24. The van der Waals surface area contributed by atoms with E-state index in [0.29, 0.717) is 33.8 Å². The topological polar surface area (TPSA) is 71.3 Å². The Kier molecular flexibility index (Phi) is 7.65. The number of amides is 1. The number of nitriles is 1. The van der Waals surface area contributed by atoms with Crippen LogP contribution < -0.4 is 14.8 Å². The molecule has 6 heteroatoms. The minimum absolute atomic E-state index is 0.00844. The molecule has 0 fully saturated rings. The number of aryl methyl sites for hydroxylation is 1. The average molecular weight is 443 g/mol. The Hall–Kier alpha value is -2.78. The lowest BCUT2D eigenvalue weighted by atomic mass is 10.1. The number of rotatable bonds is 7. The van der Waals surface area contributed by atoms with Crippen LogP contribution in [0, 0.1) is 25.2 Å². The maximum absolute atomic E-state index is 12.6. The van der Waals surface area contributed by atoms with Crippen molar-refractivity contribution in [3.05, 3.63) is 57.1 Å². The molecule has 5 nitrogen and oxygen atoms in total. The maximum Gasteiger partial charge on any atom is 0.266 e. The molecule has 0 saturated heterocycles. The summed E-state index contributed by atoms with van der Waals surface area (Å²) >= 11 is 3.48. The molecule has 2 rings (SSSR count). The first-order chi connectivity index (χ1) is 13.4. The van der Waals surface area contributed by atoms with Crippen LogP contribution in [-0.4, -0.2) is 19.6 Å². The Bertz CT molecular complexity index is 946. The van der Waals surface area contributed by atoms with Gasteiger partial charge in [-0.25, -0.2) is 0 Å². The summed E-state index contributed by atoms with van der Waals surface area (Å²) in [5.41, 5.74) is 3.36. The zero-order chi connectivity index (χ0) is 20.7. The number of carbonyl (C=O) groups is 1. The molecular formula is C22H23BrN2O3. The van der Waals surface area contributed by atoms with Crippen molar-refractivity contribution in [1.29, 1.82) is 5.26 Å². The minimum atomic E-state index is -0.464. The van der Waals surface area contributed by atoms with Gasteiger partial charge in [-0.05, 0) is 61.2 Å². The number of hydrogen-bond acceptors (Lipinski definition) is 4. The van der Waals surface area contributed by atoms with E-state index in [2.05, 4.69) is 21.2 Å². The van der Waals surface area contributed by atoms with Gasteiger partial charge in [0, 0.05) is 10.2 Å². The van der Waals surface area contributed by atoms with Gasteiger partial charge in [0.15, 0.2) is 11.5 Å². The molecule has 0 bridgehead atoms. The molecule has 0 aromatic heterocycles. The van der Waals surface area contributed by atoms with Gasteiger partial charge in [-0.2, -0.15) is 5.26 Å². The van der Waals surface area contributed by atoms with Crippen LogP contribution in [0.4, 0.5) is 5.69 Å². The smallest absolute Gasteiger partial charge is 0.266 e. The van der Waals surface area contributed by atoms with E-state index in [4.69, 9.17) is 9.47 Å². The highest BCUT2D eigenvalue weighted by Gasteiger charge is 2.14. The number of halogens is 1. The first kappa shape index (κ1) is 21.5. The first-order valence-corrected chi connectivity index (χ1v) is 9.70. The third-order valence-corrected chi connectivity index (χ3v) is 4.95. The van der Waals surface area contributed by atoms with Crippen LogP contribution in [0.3, 0.4) is 0 Å². The van der Waals surface area contributed by atoms with E-state index in [9.17, 15) is 10.1 Å².